The third kappa shape index (κ3) is 3.39. The van der Waals surface area contributed by atoms with Gasteiger partial charge in [0, 0.05) is 25.0 Å². The lowest BCUT2D eigenvalue weighted by molar-refractivity contribution is 0.261. The van der Waals surface area contributed by atoms with Crippen molar-refractivity contribution in [1.29, 1.82) is 0 Å². The second-order valence-electron chi connectivity index (χ2n) is 6.41. The van der Waals surface area contributed by atoms with E-state index in [1.165, 1.54) is 37.6 Å². The van der Waals surface area contributed by atoms with Crippen molar-refractivity contribution in [2.45, 2.75) is 52.0 Å². The van der Waals surface area contributed by atoms with Gasteiger partial charge in [0.05, 0.1) is 11.7 Å². The Bertz CT molecular complexity index is 593. The first-order valence-corrected chi connectivity index (χ1v) is 8.66. The van der Waals surface area contributed by atoms with Crippen molar-refractivity contribution >= 4 is 22.6 Å². The number of pyridine rings is 1. The van der Waals surface area contributed by atoms with Crippen LogP contribution in [0, 0.1) is 11.8 Å². The van der Waals surface area contributed by atoms with Gasteiger partial charge in [-0.05, 0) is 30.7 Å². The Labute approximate surface area is 131 Å². The lowest BCUT2D eigenvalue weighted by Gasteiger charge is -2.27. The molecule has 0 saturated heterocycles. The molecule has 0 aromatic carbocycles. The maximum absolute atomic E-state index is 5.93. The van der Waals surface area contributed by atoms with Crippen LogP contribution in [-0.2, 0) is 13.0 Å². The van der Waals surface area contributed by atoms with Gasteiger partial charge in [-0.2, -0.15) is 0 Å². The minimum absolute atomic E-state index is 0.622. The highest BCUT2D eigenvalue weighted by atomic mass is 35.5. The zero-order chi connectivity index (χ0) is 14.7. The number of nitrogens with zero attached hydrogens (tertiary/aromatic N) is 3. The van der Waals surface area contributed by atoms with E-state index in [4.69, 9.17) is 16.6 Å². The van der Waals surface area contributed by atoms with Crippen molar-refractivity contribution in [2.24, 2.45) is 11.8 Å². The fourth-order valence-corrected chi connectivity index (χ4v) is 3.86. The maximum atomic E-state index is 5.93. The Balaban J connectivity index is 1.77. The number of imidazole rings is 1. The topological polar surface area (TPSA) is 30.7 Å². The first kappa shape index (κ1) is 14.8. The normalized spacial score (nSPS) is 22.8. The predicted octanol–water partition coefficient (Wildman–Crippen LogP) is 4.43. The summed E-state index contributed by atoms with van der Waals surface area (Å²) in [6.45, 7) is 3.45. The molecule has 0 radical (unpaired) electrons. The van der Waals surface area contributed by atoms with Gasteiger partial charge in [-0.25, -0.2) is 4.98 Å². The van der Waals surface area contributed by atoms with Gasteiger partial charge >= 0.3 is 0 Å². The minimum Gasteiger partial charge on any atom is -0.328 e. The molecule has 2 aromatic heterocycles. The number of halogens is 1. The van der Waals surface area contributed by atoms with E-state index >= 15 is 0 Å². The largest absolute Gasteiger partial charge is 0.328 e. The van der Waals surface area contributed by atoms with Crippen LogP contribution in [0.5, 0.6) is 0 Å². The fourth-order valence-electron chi connectivity index (χ4n) is 3.69. The summed E-state index contributed by atoms with van der Waals surface area (Å²) in [6, 6.07) is 2.07. The number of fused-ring (bicyclic) bond motifs is 1. The summed E-state index contributed by atoms with van der Waals surface area (Å²) >= 11 is 5.93. The molecule has 0 N–H and O–H groups in total. The molecule has 0 bridgehead atoms. The molecule has 1 aliphatic rings. The van der Waals surface area contributed by atoms with Crippen LogP contribution >= 0.6 is 11.6 Å². The van der Waals surface area contributed by atoms with E-state index in [1.54, 1.807) is 0 Å². The number of aryl methyl sites for hydroxylation is 2. The summed E-state index contributed by atoms with van der Waals surface area (Å²) in [5, 5.41) is 0. The van der Waals surface area contributed by atoms with Crippen molar-refractivity contribution in [2.75, 3.05) is 5.88 Å². The summed E-state index contributed by atoms with van der Waals surface area (Å²) in [5.41, 5.74) is 2.20. The first-order chi connectivity index (χ1) is 10.3. The molecule has 1 saturated carbocycles. The van der Waals surface area contributed by atoms with Crippen molar-refractivity contribution in [3.8, 4) is 0 Å². The Morgan fingerprint density at radius 3 is 3.10 bits per heavy atom. The molecule has 2 atom stereocenters. The second-order valence-corrected chi connectivity index (χ2v) is 6.79. The average Bonchev–Trinajstić information content (AvgIpc) is 2.83. The van der Waals surface area contributed by atoms with E-state index in [1.807, 2.05) is 12.4 Å². The summed E-state index contributed by atoms with van der Waals surface area (Å²) in [5.74, 6) is 3.50. The predicted molar refractivity (Wildman–Crippen MR) is 87.7 cm³/mol. The van der Waals surface area contributed by atoms with Crippen molar-refractivity contribution in [1.82, 2.24) is 14.5 Å². The van der Waals surface area contributed by atoms with Crippen LogP contribution in [-0.4, -0.2) is 20.4 Å². The number of hydrogen-bond acceptors (Lipinski definition) is 2. The highest BCUT2D eigenvalue weighted by Gasteiger charge is 2.19. The number of rotatable bonds is 5. The van der Waals surface area contributed by atoms with Gasteiger partial charge in [-0.15, -0.1) is 11.6 Å². The molecule has 1 fully saturated rings. The van der Waals surface area contributed by atoms with Crippen molar-refractivity contribution in [3.05, 3.63) is 24.3 Å². The zero-order valence-corrected chi connectivity index (χ0v) is 13.5. The molecular weight excluding hydrogens is 282 g/mol. The molecule has 3 rings (SSSR count). The zero-order valence-electron chi connectivity index (χ0n) is 12.8. The van der Waals surface area contributed by atoms with Gasteiger partial charge < -0.3 is 4.57 Å². The minimum atomic E-state index is 0.622. The van der Waals surface area contributed by atoms with E-state index in [9.17, 15) is 0 Å². The second kappa shape index (κ2) is 6.78. The summed E-state index contributed by atoms with van der Waals surface area (Å²) in [6.07, 6.45) is 11.4. The van der Waals surface area contributed by atoms with Gasteiger partial charge in [0.25, 0.3) is 0 Å². The van der Waals surface area contributed by atoms with Gasteiger partial charge in [-0.3, -0.25) is 4.98 Å². The van der Waals surface area contributed by atoms with E-state index < -0.39 is 0 Å². The molecule has 1 aliphatic carbocycles. The molecular formula is C17H24ClN3. The SMILES string of the molecule is CC1CCCC(CCn2c(CCCl)nc3cnccc32)C1. The van der Waals surface area contributed by atoms with Crippen molar-refractivity contribution in [3.63, 3.8) is 0 Å². The third-order valence-electron chi connectivity index (χ3n) is 4.75. The van der Waals surface area contributed by atoms with Crippen LogP contribution in [0.4, 0.5) is 0 Å². The third-order valence-corrected chi connectivity index (χ3v) is 4.94. The van der Waals surface area contributed by atoms with Crippen LogP contribution in [0.1, 0.15) is 44.9 Å². The van der Waals surface area contributed by atoms with Crippen LogP contribution in [0.15, 0.2) is 18.5 Å². The highest BCUT2D eigenvalue weighted by Crippen LogP contribution is 2.31. The molecule has 2 heterocycles. The molecule has 21 heavy (non-hydrogen) atoms. The number of aromatic nitrogens is 3. The summed E-state index contributed by atoms with van der Waals surface area (Å²) in [4.78, 5) is 8.88. The summed E-state index contributed by atoms with van der Waals surface area (Å²) in [7, 11) is 0. The van der Waals surface area contributed by atoms with E-state index in [2.05, 4.69) is 22.5 Å². The van der Waals surface area contributed by atoms with Gasteiger partial charge in [0.15, 0.2) is 0 Å². The van der Waals surface area contributed by atoms with Crippen LogP contribution in [0.2, 0.25) is 0 Å². The fraction of sp³-hybridized carbons (Fsp3) is 0.647. The van der Waals surface area contributed by atoms with Gasteiger partial charge in [-0.1, -0.05) is 26.2 Å². The number of alkyl halides is 1. The maximum Gasteiger partial charge on any atom is 0.111 e. The molecule has 0 aliphatic heterocycles. The van der Waals surface area contributed by atoms with E-state index in [-0.39, 0.29) is 0 Å². The number of hydrogen-bond donors (Lipinski definition) is 0. The molecule has 2 unspecified atom stereocenters. The average molecular weight is 306 g/mol. The summed E-state index contributed by atoms with van der Waals surface area (Å²) < 4.78 is 2.36. The monoisotopic (exact) mass is 305 g/mol. The smallest absolute Gasteiger partial charge is 0.111 e. The van der Waals surface area contributed by atoms with Gasteiger partial charge in [0.2, 0.25) is 0 Å². The molecule has 0 spiro atoms. The Morgan fingerprint density at radius 2 is 2.29 bits per heavy atom. The van der Waals surface area contributed by atoms with Crippen LogP contribution < -0.4 is 0 Å². The van der Waals surface area contributed by atoms with Crippen LogP contribution in [0.3, 0.4) is 0 Å². The standard InChI is InChI=1S/C17H24ClN3/c1-13-3-2-4-14(11-13)7-10-21-16-6-9-19-12-15(16)20-17(21)5-8-18/h6,9,12-14H,2-5,7-8,10-11H2,1H3. The van der Waals surface area contributed by atoms with E-state index in [0.717, 1.165) is 36.1 Å². The lowest BCUT2D eigenvalue weighted by atomic mass is 9.81. The Morgan fingerprint density at radius 1 is 1.38 bits per heavy atom. The lowest BCUT2D eigenvalue weighted by Crippen LogP contribution is -2.16. The van der Waals surface area contributed by atoms with E-state index in [0.29, 0.717) is 5.88 Å². The van der Waals surface area contributed by atoms with Crippen molar-refractivity contribution < 1.29 is 0 Å². The molecule has 0 amide bonds. The van der Waals surface area contributed by atoms with Gasteiger partial charge in [0.1, 0.15) is 11.3 Å². The Hall–Kier alpha value is -1.09. The molecule has 2 aromatic rings. The molecule has 114 valence electrons. The van der Waals surface area contributed by atoms with Crippen LogP contribution in [0.25, 0.3) is 11.0 Å². The first-order valence-electron chi connectivity index (χ1n) is 8.13. The quantitative estimate of drug-likeness (QED) is 0.765. The molecule has 4 heteroatoms. The highest BCUT2D eigenvalue weighted by molar-refractivity contribution is 6.17. The molecule has 3 nitrogen and oxygen atoms in total. The Kier molecular flexibility index (Phi) is 4.79.